The van der Waals surface area contributed by atoms with Crippen molar-refractivity contribution in [1.29, 1.82) is 0 Å². The molecule has 0 N–H and O–H groups in total. The molecular formula is C17H22N4OS. The fraction of sp³-hybridized carbons (Fsp3) is 0.471. The molecular weight excluding hydrogens is 308 g/mol. The zero-order chi connectivity index (χ0) is 16.4. The number of aryl methyl sites for hydroxylation is 2. The Kier molecular flexibility index (Phi) is 4.73. The number of aromatic nitrogens is 2. The quantitative estimate of drug-likeness (QED) is 0.864. The van der Waals surface area contributed by atoms with Crippen molar-refractivity contribution in [3.05, 3.63) is 45.4 Å². The Morgan fingerprint density at radius 2 is 1.87 bits per heavy atom. The number of hydrogen-bond donors (Lipinski definition) is 0. The van der Waals surface area contributed by atoms with E-state index in [4.69, 9.17) is 0 Å². The van der Waals surface area contributed by atoms with Gasteiger partial charge in [-0.15, -0.1) is 21.5 Å². The van der Waals surface area contributed by atoms with Gasteiger partial charge >= 0.3 is 0 Å². The third-order valence-electron chi connectivity index (χ3n) is 4.27. The maximum atomic E-state index is 12.7. The van der Waals surface area contributed by atoms with Crippen LogP contribution < -0.4 is 0 Å². The van der Waals surface area contributed by atoms with Crippen molar-refractivity contribution in [2.24, 2.45) is 0 Å². The second-order valence-electron chi connectivity index (χ2n) is 6.11. The number of rotatable bonds is 4. The first kappa shape index (κ1) is 16.1. The van der Waals surface area contributed by atoms with Crippen LogP contribution in [0.1, 0.15) is 28.1 Å². The SMILES string of the molecule is Cc1ccc(CN2CCN(Cc3nnc(C)s3)[C@H](C)C2=O)cc1. The average Bonchev–Trinajstić information content (AvgIpc) is 2.94. The summed E-state index contributed by atoms with van der Waals surface area (Å²) in [6, 6.07) is 8.28. The predicted octanol–water partition coefficient (Wildman–Crippen LogP) is 2.39. The maximum Gasteiger partial charge on any atom is 0.239 e. The molecule has 1 aliphatic rings. The van der Waals surface area contributed by atoms with Gasteiger partial charge in [0.25, 0.3) is 0 Å². The number of hydrogen-bond acceptors (Lipinski definition) is 5. The molecule has 6 heteroatoms. The van der Waals surface area contributed by atoms with Crippen molar-refractivity contribution in [2.45, 2.75) is 39.9 Å². The molecule has 0 saturated carbocycles. The van der Waals surface area contributed by atoms with Crippen LogP contribution in [-0.4, -0.2) is 45.0 Å². The summed E-state index contributed by atoms with van der Waals surface area (Å²) >= 11 is 1.60. The summed E-state index contributed by atoms with van der Waals surface area (Å²) in [6.07, 6.45) is 0. The molecule has 3 rings (SSSR count). The van der Waals surface area contributed by atoms with Crippen LogP contribution in [0.2, 0.25) is 0 Å². The lowest BCUT2D eigenvalue weighted by Crippen LogP contribution is -2.54. The maximum absolute atomic E-state index is 12.7. The molecule has 0 unspecified atom stereocenters. The molecule has 5 nitrogen and oxygen atoms in total. The molecule has 0 spiro atoms. The molecule has 2 aromatic rings. The van der Waals surface area contributed by atoms with Crippen molar-refractivity contribution in [2.75, 3.05) is 13.1 Å². The van der Waals surface area contributed by atoms with Crippen LogP contribution in [0.15, 0.2) is 24.3 Å². The van der Waals surface area contributed by atoms with E-state index in [1.54, 1.807) is 11.3 Å². The van der Waals surface area contributed by atoms with Gasteiger partial charge in [-0.05, 0) is 26.3 Å². The minimum Gasteiger partial charge on any atom is -0.336 e. The van der Waals surface area contributed by atoms with Gasteiger partial charge in [-0.1, -0.05) is 29.8 Å². The Bertz CT molecular complexity index is 682. The van der Waals surface area contributed by atoms with E-state index in [0.717, 1.165) is 23.1 Å². The summed E-state index contributed by atoms with van der Waals surface area (Å²) in [5, 5.41) is 10.2. The van der Waals surface area contributed by atoms with Gasteiger partial charge in [0.1, 0.15) is 10.0 Å². The van der Waals surface area contributed by atoms with E-state index in [-0.39, 0.29) is 11.9 Å². The van der Waals surface area contributed by atoms with E-state index >= 15 is 0 Å². The zero-order valence-electron chi connectivity index (χ0n) is 13.8. The largest absolute Gasteiger partial charge is 0.336 e. The molecule has 1 aromatic heterocycles. The summed E-state index contributed by atoms with van der Waals surface area (Å²) < 4.78 is 0. The van der Waals surface area contributed by atoms with Crippen LogP contribution in [-0.2, 0) is 17.9 Å². The summed E-state index contributed by atoms with van der Waals surface area (Å²) in [4.78, 5) is 16.8. The predicted molar refractivity (Wildman–Crippen MR) is 91.1 cm³/mol. The second kappa shape index (κ2) is 6.76. The average molecular weight is 330 g/mol. The summed E-state index contributed by atoms with van der Waals surface area (Å²) in [6.45, 7) is 9.04. The number of benzene rings is 1. The minimum absolute atomic E-state index is 0.113. The Morgan fingerprint density at radius 1 is 1.13 bits per heavy atom. The molecule has 1 amide bonds. The molecule has 122 valence electrons. The van der Waals surface area contributed by atoms with Gasteiger partial charge in [-0.2, -0.15) is 0 Å². The van der Waals surface area contributed by atoms with Crippen LogP contribution in [0.5, 0.6) is 0 Å². The molecule has 0 bridgehead atoms. The highest BCUT2D eigenvalue weighted by molar-refractivity contribution is 7.11. The third kappa shape index (κ3) is 3.76. The van der Waals surface area contributed by atoms with Crippen molar-refractivity contribution in [3.8, 4) is 0 Å². The van der Waals surface area contributed by atoms with Crippen LogP contribution >= 0.6 is 11.3 Å². The van der Waals surface area contributed by atoms with Gasteiger partial charge in [-0.25, -0.2) is 0 Å². The Morgan fingerprint density at radius 3 is 2.52 bits per heavy atom. The Hall–Kier alpha value is -1.79. The topological polar surface area (TPSA) is 49.3 Å². The van der Waals surface area contributed by atoms with E-state index in [1.807, 2.05) is 18.7 Å². The first-order valence-electron chi connectivity index (χ1n) is 7.90. The van der Waals surface area contributed by atoms with E-state index in [9.17, 15) is 4.79 Å². The van der Waals surface area contributed by atoms with Gasteiger partial charge in [-0.3, -0.25) is 9.69 Å². The van der Waals surface area contributed by atoms with Crippen LogP contribution in [0.3, 0.4) is 0 Å². The van der Waals surface area contributed by atoms with E-state index < -0.39 is 0 Å². The van der Waals surface area contributed by atoms with E-state index in [1.165, 1.54) is 11.1 Å². The molecule has 1 aliphatic heterocycles. The Balaban J connectivity index is 1.62. The van der Waals surface area contributed by atoms with Gasteiger partial charge in [0.05, 0.1) is 12.6 Å². The molecule has 2 heterocycles. The van der Waals surface area contributed by atoms with Gasteiger partial charge in [0, 0.05) is 19.6 Å². The number of carbonyl (C=O) groups excluding carboxylic acids is 1. The van der Waals surface area contributed by atoms with E-state index in [2.05, 4.69) is 46.3 Å². The molecule has 23 heavy (non-hydrogen) atoms. The number of amides is 1. The first-order valence-corrected chi connectivity index (χ1v) is 8.72. The fourth-order valence-corrected chi connectivity index (χ4v) is 3.57. The van der Waals surface area contributed by atoms with Crippen LogP contribution in [0, 0.1) is 13.8 Å². The molecule has 1 atom stereocenters. The molecule has 1 aromatic carbocycles. The summed E-state index contributed by atoms with van der Waals surface area (Å²) in [5.41, 5.74) is 2.43. The number of piperazine rings is 1. The molecule has 1 saturated heterocycles. The monoisotopic (exact) mass is 330 g/mol. The van der Waals surface area contributed by atoms with Gasteiger partial charge in [0.15, 0.2) is 0 Å². The lowest BCUT2D eigenvalue weighted by Gasteiger charge is -2.38. The molecule has 0 aliphatic carbocycles. The van der Waals surface area contributed by atoms with Crippen molar-refractivity contribution in [3.63, 3.8) is 0 Å². The second-order valence-corrected chi connectivity index (χ2v) is 7.37. The van der Waals surface area contributed by atoms with Crippen LogP contribution in [0.25, 0.3) is 0 Å². The minimum atomic E-state index is -0.113. The fourth-order valence-electron chi connectivity index (χ4n) is 2.84. The van der Waals surface area contributed by atoms with E-state index in [0.29, 0.717) is 13.1 Å². The van der Waals surface area contributed by atoms with Gasteiger partial charge in [0.2, 0.25) is 5.91 Å². The van der Waals surface area contributed by atoms with Crippen molar-refractivity contribution < 1.29 is 4.79 Å². The molecule has 0 radical (unpaired) electrons. The lowest BCUT2D eigenvalue weighted by molar-refractivity contribution is -0.142. The highest BCUT2D eigenvalue weighted by Crippen LogP contribution is 2.19. The van der Waals surface area contributed by atoms with Gasteiger partial charge < -0.3 is 4.90 Å². The standard InChI is InChI=1S/C17H22N4OS/c1-12-4-6-15(7-5-12)10-21-9-8-20(13(2)17(21)22)11-16-19-18-14(3)23-16/h4-7,13H,8-11H2,1-3H3/t13-/m1/s1. The van der Waals surface area contributed by atoms with Crippen LogP contribution in [0.4, 0.5) is 0 Å². The summed E-state index contributed by atoms with van der Waals surface area (Å²) in [7, 11) is 0. The number of carbonyl (C=O) groups is 1. The van der Waals surface area contributed by atoms with Crippen molar-refractivity contribution >= 4 is 17.2 Å². The highest BCUT2D eigenvalue weighted by atomic mass is 32.1. The zero-order valence-corrected chi connectivity index (χ0v) is 14.6. The third-order valence-corrected chi connectivity index (χ3v) is 5.10. The lowest BCUT2D eigenvalue weighted by atomic mass is 10.1. The molecule has 1 fully saturated rings. The number of nitrogens with zero attached hydrogens (tertiary/aromatic N) is 4. The normalized spacial score (nSPS) is 19.3. The Labute approximate surface area is 140 Å². The first-order chi connectivity index (χ1) is 11.0. The highest BCUT2D eigenvalue weighted by Gasteiger charge is 2.31. The summed E-state index contributed by atoms with van der Waals surface area (Å²) in [5.74, 6) is 0.193. The smallest absolute Gasteiger partial charge is 0.239 e. The van der Waals surface area contributed by atoms with Crippen molar-refractivity contribution in [1.82, 2.24) is 20.0 Å².